The van der Waals surface area contributed by atoms with Gasteiger partial charge in [0.25, 0.3) is 5.91 Å². The van der Waals surface area contributed by atoms with Crippen LogP contribution in [0.3, 0.4) is 0 Å². The van der Waals surface area contributed by atoms with Crippen LogP contribution < -0.4 is 5.32 Å². The van der Waals surface area contributed by atoms with Crippen LogP contribution in [0.15, 0.2) is 22.7 Å². The number of hydrogen-bond donors (Lipinski definition) is 1. The van der Waals surface area contributed by atoms with Gasteiger partial charge in [0.05, 0.1) is 12.1 Å². The third-order valence-electron chi connectivity index (χ3n) is 2.83. The van der Waals surface area contributed by atoms with Crippen molar-refractivity contribution in [2.45, 2.75) is 18.9 Å². The van der Waals surface area contributed by atoms with E-state index in [0.717, 1.165) is 12.8 Å². The molecule has 19 heavy (non-hydrogen) atoms. The molecular weight excluding hydrogens is 332 g/mol. The zero-order chi connectivity index (χ0) is 14.0. The first-order valence-electron chi connectivity index (χ1n) is 5.97. The fourth-order valence-corrected chi connectivity index (χ4v) is 2.51. The summed E-state index contributed by atoms with van der Waals surface area (Å²) in [6, 6.07) is 5.26. The van der Waals surface area contributed by atoms with Crippen LogP contribution in [-0.4, -0.2) is 36.3 Å². The van der Waals surface area contributed by atoms with Crippen molar-refractivity contribution in [2.24, 2.45) is 0 Å². The van der Waals surface area contributed by atoms with Gasteiger partial charge < -0.3 is 10.2 Å². The maximum absolute atomic E-state index is 12.2. The number of halogens is 2. The van der Waals surface area contributed by atoms with Gasteiger partial charge >= 0.3 is 0 Å². The largest absolute Gasteiger partial charge is 0.352 e. The van der Waals surface area contributed by atoms with E-state index in [2.05, 4.69) is 21.2 Å². The van der Waals surface area contributed by atoms with E-state index >= 15 is 0 Å². The number of benzene rings is 1. The molecule has 4 nitrogen and oxygen atoms in total. The van der Waals surface area contributed by atoms with Gasteiger partial charge in [0.1, 0.15) is 0 Å². The summed E-state index contributed by atoms with van der Waals surface area (Å²) in [5.74, 6) is -0.335. The Morgan fingerprint density at radius 1 is 1.47 bits per heavy atom. The molecule has 0 unspecified atom stereocenters. The Morgan fingerprint density at radius 3 is 2.74 bits per heavy atom. The average molecular weight is 346 g/mol. The van der Waals surface area contributed by atoms with E-state index in [9.17, 15) is 9.59 Å². The van der Waals surface area contributed by atoms with Crippen molar-refractivity contribution in [3.63, 3.8) is 0 Å². The number of carbonyl (C=O) groups excluding carboxylic acids is 2. The fraction of sp³-hybridized carbons (Fsp3) is 0.385. The van der Waals surface area contributed by atoms with E-state index < -0.39 is 0 Å². The number of carbonyl (C=O) groups is 2. The number of likely N-dealkylation sites (N-methyl/N-ethyl adjacent to an activating group) is 1. The van der Waals surface area contributed by atoms with Crippen molar-refractivity contribution in [1.29, 1.82) is 0 Å². The molecule has 2 amide bonds. The predicted molar refractivity (Wildman–Crippen MR) is 77.3 cm³/mol. The first-order valence-corrected chi connectivity index (χ1v) is 7.14. The highest BCUT2D eigenvalue weighted by Gasteiger charge is 2.24. The smallest absolute Gasteiger partial charge is 0.255 e. The molecule has 1 fully saturated rings. The molecule has 0 aliphatic heterocycles. The molecule has 102 valence electrons. The Morgan fingerprint density at radius 2 is 2.16 bits per heavy atom. The third kappa shape index (κ3) is 3.94. The summed E-state index contributed by atoms with van der Waals surface area (Å²) in [5, 5.41) is 3.40. The van der Waals surface area contributed by atoms with Crippen LogP contribution in [0.1, 0.15) is 23.2 Å². The van der Waals surface area contributed by atoms with Crippen LogP contribution in [0.4, 0.5) is 0 Å². The predicted octanol–water partition coefficient (Wildman–Crippen LogP) is 2.45. The maximum Gasteiger partial charge on any atom is 0.255 e. The van der Waals surface area contributed by atoms with E-state index in [4.69, 9.17) is 11.6 Å². The standard InChI is InChI=1S/C13H14BrClN2O2/c1-17(7-12(18)16-9-3-4-9)13(19)10-5-2-8(15)6-11(10)14/h2,5-6,9H,3-4,7H2,1H3,(H,16,18). The summed E-state index contributed by atoms with van der Waals surface area (Å²) in [5.41, 5.74) is 0.492. The molecule has 0 saturated heterocycles. The highest BCUT2D eigenvalue weighted by molar-refractivity contribution is 9.10. The molecule has 6 heteroatoms. The molecule has 1 aliphatic rings. The summed E-state index contributed by atoms with van der Waals surface area (Å²) in [7, 11) is 1.61. The van der Waals surface area contributed by atoms with Crippen LogP contribution in [0.5, 0.6) is 0 Å². The number of rotatable bonds is 4. The second-order valence-electron chi connectivity index (χ2n) is 4.63. The number of hydrogen-bond acceptors (Lipinski definition) is 2. The lowest BCUT2D eigenvalue weighted by Gasteiger charge is -2.17. The molecule has 0 aromatic heterocycles. The second kappa shape index (κ2) is 5.92. The number of amides is 2. The van der Waals surface area contributed by atoms with E-state index in [0.29, 0.717) is 21.1 Å². The van der Waals surface area contributed by atoms with Gasteiger partial charge in [-0.3, -0.25) is 9.59 Å². The molecule has 2 rings (SSSR count). The van der Waals surface area contributed by atoms with E-state index in [1.165, 1.54) is 4.90 Å². The zero-order valence-corrected chi connectivity index (χ0v) is 12.8. The Balaban J connectivity index is 1.99. The Kier molecular flexibility index (Phi) is 4.47. The van der Waals surface area contributed by atoms with Crippen LogP contribution in [0.2, 0.25) is 5.02 Å². The highest BCUT2D eigenvalue weighted by atomic mass is 79.9. The summed E-state index contributed by atoms with van der Waals surface area (Å²) in [6.07, 6.45) is 2.07. The van der Waals surface area contributed by atoms with Crippen molar-refractivity contribution in [3.05, 3.63) is 33.3 Å². The van der Waals surface area contributed by atoms with Crippen LogP contribution >= 0.6 is 27.5 Å². The quantitative estimate of drug-likeness (QED) is 0.911. The van der Waals surface area contributed by atoms with Crippen LogP contribution in [0, 0.1) is 0 Å². The average Bonchev–Trinajstić information content (AvgIpc) is 3.11. The van der Waals surface area contributed by atoms with E-state index in [-0.39, 0.29) is 18.4 Å². The van der Waals surface area contributed by atoms with Gasteiger partial charge in [0, 0.05) is 22.6 Å². The maximum atomic E-state index is 12.2. The molecule has 1 aromatic rings. The number of nitrogens with zero attached hydrogens (tertiary/aromatic N) is 1. The van der Waals surface area contributed by atoms with Crippen molar-refractivity contribution in [3.8, 4) is 0 Å². The SMILES string of the molecule is CN(CC(=O)NC1CC1)C(=O)c1ccc(Cl)cc1Br. The van der Waals surface area contributed by atoms with Gasteiger partial charge in [-0.2, -0.15) is 0 Å². The lowest BCUT2D eigenvalue weighted by atomic mass is 10.2. The molecule has 0 atom stereocenters. The first kappa shape index (κ1) is 14.3. The van der Waals surface area contributed by atoms with Gasteiger partial charge in [-0.05, 0) is 47.0 Å². The van der Waals surface area contributed by atoms with Gasteiger partial charge in [-0.15, -0.1) is 0 Å². The minimum Gasteiger partial charge on any atom is -0.352 e. The zero-order valence-electron chi connectivity index (χ0n) is 10.5. The van der Waals surface area contributed by atoms with Gasteiger partial charge in [-0.1, -0.05) is 11.6 Å². The Bertz CT molecular complexity index is 517. The van der Waals surface area contributed by atoms with Crippen molar-refractivity contribution in [2.75, 3.05) is 13.6 Å². The summed E-state index contributed by atoms with van der Waals surface area (Å²) < 4.78 is 0.624. The van der Waals surface area contributed by atoms with E-state index in [1.807, 2.05) is 0 Å². The van der Waals surface area contributed by atoms with Gasteiger partial charge in [-0.25, -0.2) is 0 Å². The topological polar surface area (TPSA) is 49.4 Å². The van der Waals surface area contributed by atoms with Gasteiger partial charge in [0.15, 0.2) is 0 Å². The summed E-state index contributed by atoms with van der Waals surface area (Å²) in [6.45, 7) is 0.0599. The molecule has 0 radical (unpaired) electrons. The first-order chi connectivity index (χ1) is 8.97. The van der Waals surface area contributed by atoms with Gasteiger partial charge in [0.2, 0.25) is 5.91 Å². The number of nitrogens with one attached hydrogen (secondary N) is 1. The Hall–Kier alpha value is -1.07. The molecule has 1 N–H and O–H groups in total. The molecule has 0 spiro atoms. The normalized spacial score (nSPS) is 14.1. The minimum absolute atomic E-state index is 0.0599. The van der Waals surface area contributed by atoms with Crippen LogP contribution in [-0.2, 0) is 4.79 Å². The monoisotopic (exact) mass is 344 g/mol. The van der Waals surface area contributed by atoms with Crippen molar-refractivity contribution < 1.29 is 9.59 Å². The van der Waals surface area contributed by atoms with Crippen molar-refractivity contribution >= 4 is 39.3 Å². The lowest BCUT2D eigenvalue weighted by molar-refractivity contribution is -0.121. The molecular formula is C13H14BrClN2O2. The summed E-state index contributed by atoms with van der Waals surface area (Å²) in [4.78, 5) is 25.2. The minimum atomic E-state index is -0.213. The Labute approximate surface area is 125 Å². The molecule has 1 aliphatic carbocycles. The third-order valence-corrected chi connectivity index (χ3v) is 3.72. The second-order valence-corrected chi connectivity index (χ2v) is 5.92. The fourth-order valence-electron chi connectivity index (χ4n) is 1.66. The molecule has 0 heterocycles. The molecule has 0 bridgehead atoms. The molecule has 1 saturated carbocycles. The highest BCUT2D eigenvalue weighted by Crippen LogP contribution is 2.22. The summed E-state index contributed by atoms with van der Waals surface area (Å²) >= 11 is 9.13. The molecule has 1 aromatic carbocycles. The van der Waals surface area contributed by atoms with Crippen molar-refractivity contribution in [1.82, 2.24) is 10.2 Å². The van der Waals surface area contributed by atoms with Crippen LogP contribution in [0.25, 0.3) is 0 Å². The van der Waals surface area contributed by atoms with E-state index in [1.54, 1.807) is 25.2 Å². The lowest BCUT2D eigenvalue weighted by Crippen LogP contribution is -2.39.